The zero-order chi connectivity index (χ0) is 14.1. The molecule has 2 aliphatic rings. The molecule has 0 radical (unpaired) electrons. The van der Waals surface area contributed by atoms with E-state index in [1.807, 2.05) is 16.8 Å². The molecule has 7 heteroatoms. The highest BCUT2D eigenvalue weighted by atomic mass is 32.1. The van der Waals surface area contributed by atoms with Crippen LogP contribution in [-0.4, -0.2) is 47.1 Å². The number of piperidine rings is 1. The van der Waals surface area contributed by atoms with Gasteiger partial charge in [-0.05, 0) is 11.4 Å². The van der Waals surface area contributed by atoms with Crippen LogP contribution in [0.15, 0.2) is 21.3 Å². The second-order valence-electron chi connectivity index (χ2n) is 5.41. The number of rotatable bonds is 3. The third kappa shape index (κ3) is 2.74. The third-order valence-corrected chi connectivity index (χ3v) is 4.72. The van der Waals surface area contributed by atoms with Crippen molar-refractivity contribution in [3.63, 3.8) is 0 Å². The van der Waals surface area contributed by atoms with Gasteiger partial charge in [0.05, 0.1) is 19.8 Å². The van der Waals surface area contributed by atoms with Crippen molar-refractivity contribution < 1.29 is 14.0 Å². The summed E-state index contributed by atoms with van der Waals surface area (Å²) >= 11 is 1.63. The number of likely N-dealkylation sites (tertiary alicyclic amines) is 1. The van der Waals surface area contributed by atoms with Gasteiger partial charge in [-0.25, -0.2) is 0 Å². The van der Waals surface area contributed by atoms with E-state index in [9.17, 15) is 0 Å². The predicted octanol–water partition coefficient (Wildman–Crippen LogP) is 2.14. The molecule has 6 nitrogen and oxygen atoms in total. The number of aromatic nitrogens is 2. The minimum atomic E-state index is -0.326. The van der Waals surface area contributed by atoms with Crippen LogP contribution in [0.25, 0.3) is 11.4 Å². The molecule has 0 aromatic carbocycles. The van der Waals surface area contributed by atoms with Gasteiger partial charge in [0, 0.05) is 36.9 Å². The first-order valence-corrected chi connectivity index (χ1v) is 8.13. The lowest BCUT2D eigenvalue weighted by Gasteiger charge is -2.36. The van der Waals surface area contributed by atoms with Crippen LogP contribution in [0.1, 0.15) is 18.7 Å². The second kappa shape index (κ2) is 5.49. The van der Waals surface area contributed by atoms with E-state index in [1.165, 1.54) is 0 Å². The summed E-state index contributed by atoms with van der Waals surface area (Å²) in [7, 11) is 0. The summed E-state index contributed by atoms with van der Waals surface area (Å²) in [5.41, 5.74) is 1.01. The molecule has 2 aromatic heterocycles. The first-order chi connectivity index (χ1) is 10.3. The summed E-state index contributed by atoms with van der Waals surface area (Å²) in [6.07, 6.45) is 1.80. The van der Waals surface area contributed by atoms with Gasteiger partial charge in [0.1, 0.15) is 0 Å². The Morgan fingerprint density at radius 3 is 2.76 bits per heavy atom. The van der Waals surface area contributed by atoms with Gasteiger partial charge < -0.3 is 14.0 Å². The highest BCUT2D eigenvalue weighted by molar-refractivity contribution is 7.08. The summed E-state index contributed by atoms with van der Waals surface area (Å²) in [6, 6.07) is 2.00. The predicted molar refractivity (Wildman–Crippen MR) is 76.8 cm³/mol. The monoisotopic (exact) mass is 307 g/mol. The molecule has 21 heavy (non-hydrogen) atoms. The number of thiophene rings is 1. The molecule has 2 aromatic rings. The fourth-order valence-electron chi connectivity index (χ4n) is 2.86. The smallest absolute Gasteiger partial charge is 0.241 e. The van der Waals surface area contributed by atoms with Crippen molar-refractivity contribution in [2.75, 3.05) is 26.3 Å². The molecular weight excluding hydrogens is 290 g/mol. The van der Waals surface area contributed by atoms with Crippen molar-refractivity contribution in [1.82, 2.24) is 15.0 Å². The van der Waals surface area contributed by atoms with Crippen molar-refractivity contribution >= 4 is 11.3 Å². The Morgan fingerprint density at radius 1 is 1.24 bits per heavy atom. The Labute approximate surface area is 126 Å². The molecule has 0 bridgehead atoms. The first kappa shape index (κ1) is 13.4. The minimum Gasteiger partial charge on any atom is -0.347 e. The van der Waals surface area contributed by atoms with Gasteiger partial charge in [0.15, 0.2) is 5.79 Å². The van der Waals surface area contributed by atoms with Gasteiger partial charge in [-0.15, -0.1) is 0 Å². The molecule has 0 aliphatic carbocycles. The Balaban J connectivity index is 1.37. The standard InChI is InChI=1S/C14H17N3O3S/c1-8-21-10-11(1)13-15-12(20-16-13)9-17-4-2-14(3-5-17)18-6-7-19-14/h1,8,10H,2-7,9H2. The molecule has 0 amide bonds. The van der Waals surface area contributed by atoms with E-state index in [0.717, 1.165) is 31.5 Å². The average molecular weight is 307 g/mol. The molecule has 2 fully saturated rings. The number of hydrogen-bond donors (Lipinski definition) is 0. The van der Waals surface area contributed by atoms with E-state index in [4.69, 9.17) is 14.0 Å². The van der Waals surface area contributed by atoms with Crippen LogP contribution in [-0.2, 0) is 16.0 Å². The fraction of sp³-hybridized carbons (Fsp3) is 0.571. The molecule has 4 rings (SSSR count). The van der Waals surface area contributed by atoms with Gasteiger partial charge >= 0.3 is 0 Å². The number of ether oxygens (including phenoxy) is 2. The van der Waals surface area contributed by atoms with Crippen LogP contribution in [0.4, 0.5) is 0 Å². The van der Waals surface area contributed by atoms with Crippen LogP contribution in [0.3, 0.4) is 0 Å². The van der Waals surface area contributed by atoms with E-state index in [1.54, 1.807) is 11.3 Å². The molecule has 0 unspecified atom stereocenters. The summed E-state index contributed by atoms with van der Waals surface area (Å²) in [6.45, 7) is 3.97. The highest BCUT2D eigenvalue weighted by Crippen LogP contribution is 2.31. The zero-order valence-electron chi connectivity index (χ0n) is 11.7. The normalized spacial score (nSPS) is 22.1. The van der Waals surface area contributed by atoms with E-state index < -0.39 is 0 Å². The minimum absolute atomic E-state index is 0.326. The van der Waals surface area contributed by atoms with Gasteiger partial charge in [0.25, 0.3) is 0 Å². The lowest BCUT2D eigenvalue weighted by molar-refractivity contribution is -0.186. The quantitative estimate of drug-likeness (QED) is 0.866. The maximum absolute atomic E-state index is 5.73. The molecule has 4 heterocycles. The van der Waals surface area contributed by atoms with E-state index >= 15 is 0 Å². The Kier molecular flexibility index (Phi) is 3.50. The second-order valence-corrected chi connectivity index (χ2v) is 6.19. The van der Waals surface area contributed by atoms with Crippen LogP contribution < -0.4 is 0 Å². The van der Waals surface area contributed by atoms with E-state index in [2.05, 4.69) is 15.0 Å². The van der Waals surface area contributed by atoms with Gasteiger partial charge in [-0.1, -0.05) is 5.16 Å². The molecule has 0 saturated carbocycles. The van der Waals surface area contributed by atoms with Crippen molar-refractivity contribution in [1.29, 1.82) is 0 Å². The fourth-order valence-corrected chi connectivity index (χ4v) is 3.49. The average Bonchev–Trinajstić information content (AvgIpc) is 3.23. The van der Waals surface area contributed by atoms with Crippen LogP contribution in [0, 0.1) is 0 Å². The Hall–Kier alpha value is -1.28. The van der Waals surface area contributed by atoms with Crippen LogP contribution in [0.2, 0.25) is 0 Å². The van der Waals surface area contributed by atoms with Crippen LogP contribution in [0.5, 0.6) is 0 Å². The van der Waals surface area contributed by atoms with E-state index in [0.29, 0.717) is 31.5 Å². The maximum Gasteiger partial charge on any atom is 0.241 e. The molecule has 0 N–H and O–H groups in total. The molecule has 1 spiro atoms. The zero-order valence-corrected chi connectivity index (χ0v) is 12.5. The first-order valence-electron chi connectivity index (χ1n) is 7.18. The maximum atomic E-state index is 5.73. The summed E-state index contributed by atoms with van der Waals surface area (Å²) < 4.78 is 16.8. The van der Waals surface area contributed by atoms with Crippen molar-refractivity contribution in [2.24, 2.45) is 0 Å². The Morgan fingerprint density at radius 2 is 2.05 bits per heavy atom. The van der Waals surface area contributed by atoms with Crippen molar-refractivity contribution in [3.05, 3.63) is 22.7 Å². The Bertz CT molecular complexity index is 582. The van der Waals surface area contributed by atoms with Crippen LogP contribution >= 0.6 is 11.3 Å². The van der Waals surface area contributed by atoms with E-state index in [-0.39, 0.29) is 5.79 Å². The van der Waals surface area contributed by atoms with Gasteiger partial charge in [-0.2, -0.15) is 16.3 Å². The van der Waals surface area contributed by atoms with Crippen molar-refractivity contribution in [3.8, 4) is 11.4 Å². The largest absolute Gasteiger partial charge is 0.347 e. The highest BCUT2D eigenvalue weighted by Gasteiger charge is 2.39. The van der Waals surface area contributed by atoms with Crippen molar-refractivity contribution in [2.45, 2.75) is 25.2 Å². The van der Waals surface area contributed by atoms with Gasteiger partial charge in [0.2, 0.25) is 11.7 Å². The van der Waals surface area contributed by atoms with Gasteiger partial charge in [-0.3, -0.25) is 4.90 Å². The lowest BCUT2D eigenvalue weighted by atomic mass is 10.0. The lowest BCUT2D eigenvalue weighted by Crippen LogP contribution is -2.44. The molecule has 2 saturated heterocycles. The molecule has 112 valence electrons. The molecular formula is C14H17N3O3S. The topological polar surface area (TPSA) is 60.6 Å². The number of hydrogen-bond acceptors (Lipinski definition) is 7. The third-order valence-electron chi connectivity index (χ3n) is 4.04. The SMILES string of the molecule is c1cc(-c2noc(CN3CCC4(CC3)OCCO4)n2)cs1. The molecule has 2 aliphatic heterocycles. The summed E-state index contributed by atoms with van der Waals surface area (Å²) in [4.78, 5) is 6.77. The summed E-state index contributed by atoms with van der Waals surface area (Å²) in [5, 5.41) is 8.07. The molecule has 0 atom stereocenters. The summed E-state index contributed by atoms with van der Waals surface area (Å²) in [5.74, 6) is 1.01. The number of nitrogens with zero attached hydrogens (tertiary/aromatic N) is 3.